The van der Waals surface area contributed by atoms with Crippen LogP contribution in [0.4, 0.5) is 14.9 Å². The number of allylic oxidation sites excluding steroid dienone is 2. The van der Waals surface area contributed by atoms with Gasteiger partial charge in [0.25, 0.3) is 5.91 Å². The average molecular weight is 476 g/mol. The van der Waals surface area contributed by atoms with E-state index in [9.17, 15) is 19.1 Å². The van der Waals surface area contributed by atoms with Gasteiger partial charge < -0.3 is 26.2 Å². The number of primary amides is 1. The van der Waals surface area contributed by atoms with Crippen molar-refractivity contribution in [3.63, 3.8) is 0 Å². The van der Waals surface area contributed by atoms with Crippen LogP contribution in [0.1, 0.15) is 15.9 Å². The Labute approximate surface area is 193 Å². The van der Waals surface area contributed by atoms with E-state index in [-0.39, 0.29) is 10.6 Å². The molecule has 0 heterocycles. The van der Waals surface area contributed by atoms with Gasteiger partial charge in [0.1, 0.15) is 10.8 Å². The molecule has 1 aliphatic carbocycles. The number of urea groups is 1. The number of para-hydroxylation sites is 1. The Balaban J connectivity index is 2.02. The summed E-state index contributed by atoms with van der Waals surface area (Å²) < 4.78 is 18.6. The third-order valence-corrected chi connectivity index (χ3v) is 5.92. The largest absolute Gasteiger partial charge is 0.360 e. The summed E-state index contributed by atoms with van der Waals surface area (Å²) in [5, 5.41) is 15.8. The molecule has 5 N–H and O–H groups in total. The highest BCUT2D eigenvalue weighted by Crippen LogP contribution is 2.42. The predicted molar refractivity (Wildman–Crippen MR) is 124 cm³/mol. The Morgan fingerprint density at radius 2 is 1.94 bits per heavy atom. The van der Waals surface area contributed by atoms with Crippen LogP contribution < -0.4 is 16.4 Å². The summed E-state index contributed by atoms with van der Waals surface area (Å²) in [6.45, 7) is 0. The van der Waals surface area contributed by atoms with Crippen LogP contribution in [0.5, 0.6) is 0 Å². The lowest BCUT2D eigenvalue weighted by atomic mass is 9.86. The van der Waals surface area contributed by atoms with Crippen molar-refractivity contribution in [2.45, 2.75) is 10.7 Å². The standard InChI is InChI=1S/C22H19ClFN3O4S/c1-31-22(30)10-9-14(12-21(22,23)19(32)27-20(25)29)16-7-2-3-8-17(16)26-18(28)13-5-4-6-15(24)11-13/h2-12,30H,1H3,(H,26,28)(H3,25,27,29,32). The minimum absolute atomic E-state index is 0.139. The van der Waals surface area contributed by atoms with Crippen LogP contribution in [0.15, 0.2) is 66.8 Å². The minimum Gasteiger partial charge on any atom is -0.360 e. The van der Waals surface area contributed by atoms with Crippen molar-refractivity contribution in [2.24, 2.45) is 5.73 Å². The molecule has 1 aliphatic rings. The van der Waals surface area contributed by atoms with Gasteiger partial charge in [-0.2, -0.15) is 0 Å². The van der Waals surface area contributed by atoms with Gasteiger partial charge in [0, 0.05) is 23.9 Å². The maximum atomic E-state index is 13.5. The van der Waals surface area contributed by atoms with Crippen molar-refractivity contribution in [1.82, 2.24) is 5.32 Å². The number of nitrogens with one attached hydrogen (secondary N) is 2. The molecule has 7 nitrogen and oxygen atoms in total. The van der Waals surface area contributed by atoms with Gasteiger partial charge in [0.15, 0.2) is 4.87 Å². The average Bonchev–Trinajstić information content (AvgIpc) is 2.75. The molecule has 166 valence electrons. The molecule has 0 spiro atoms. The lowest BCUT2D eigenvalue weighted by Crippen LogP contribution is -2.59. The van der Waals surface area contributed by atoms with Crippen molar-refractivity contribution >= 4 is 52.0 Å². The first-order chi connectivity index (χ1) is 15.1. The van der Waals surface area contributed by atoms with Gasteiger partial charge in [-0.3, -0.25) is 4.79 Å². The summed E-state index contributed by atoms with van der Waals surface area (Å²) in [7, 11) is 1.22. The molecule has 32 heavy (non-hydrogen) atoms. The number of aliphatic hydroxyl groups is 1. The van der Waals surface area contributed by atoms with Crippen LogP contribution >= 0.6 is 23.8 Å². The molecule has 3 rings (SSSR count). The quantitative estimate of drug-likeness (QED) is 0.301. The first-order valence-electron chi connectivity index (χ1n) is 9.25. The molecular formula is C22H19ClFN3O4S. The van der Waals surface area contributed by atoms with Gasteiger partial charge in [0.05, 0.1) is 0 Å². The maximum Gasteiger partial charge on any atom is 0.317 e. The van der Waals surface area contributed by atoms with E-state index in [1.807, 2.05) is 0 Å². The fraction of sp³-hybridized carbons (Fsp3) is 0.136. The third kappa shape index (κ3) is 4.56. The molecule has 3 amide bonds. The fourth-order valence-corrected chi connectivity index (χ4v) is 3.78. The zero-order valence-corrected chi connectivity index (χ0v) is 18.3. The van der Waals surface area contributed by atoms with Gasteiger partial charge in [-0.1, -0.05) is 42.6 Å². The zero-order chi connectivity index (χ0) is 23.5. The predicted octanol–water partition coefficient (Wildman–Crippen LogP) is 3.34. The number of amides is 3. The number of benzene rings is 2. The molecule has 0 aliphatic heterocycles. The summed E-state index contributed by atoms with van der Waals surface area (Å²) in [6, 6.07) is 11.1. The van der Waals surface area contributed by atoms with E-state index in [2.05, 4.69) is 10.6 Å². The lowest BCUT2D eigenvalue weighted by Gasteiger charge is -2.40. The number of carbonyl (C=O) groups excluding carboxylic acids is 2. The normalized spacial score (nSPS) is 22.1. The molecule has 0 aromatic heterocycles. The van der Waals surface area contributed by atoms with Gasteiger partial charge in [-0.25, -0.2) is 9.18 Å². The number of rotatable bonds is 5. The monoisotopic (exact) mass is 475 g/mol. The molecule has 2 atom stereocenters. The van der Waals surface area contributed by atoms with Gasteiger partial charge in [0.2, 0.25) is 5.79 Å². The highest BCUT2D eigenvalue weighted by molar-refractivity contribution is 7.80. The van der Waals surface area contributed by atoms with Gasteiger partial charge >= 0.3 is 6.03 Å². The van der Waals surface area contributed by atoms with Crippen molar-refractivity contribution in [1.29, 1.82) is 0 Å². The molecule has 10 heteroatoms. The van der Waals surface area contributed by atoms with E-state index in [0.29, 0.717) is 16.8 Å². The van der Waals surface area contributed by atoms with Crippen LogP contribution in [0.2, 0.25) is 0 Å². The van der Waals surface area contributed by atoms with Gasteiger partial charge in [-0.15, -0.1) is 11.6 Å². The molecule has 2 aromatic rings. The number of carbonyl (C=O) groups is 2. The first kappa shape index (κ1) is 23.6. The number of methoxy groups -OCH3 is 1. The SMILES string of the molecule is COC1(O)C=CC(c2ccccc2NC(=O)c2cccc(F)c2)=CC1(Cl)C(=S)NC(N)=O. The van der Waals surface area contributed by atoms with E-state index in [0.717, 1.165) is 6.07 Å². The summed E-state index contributed by atoms with van der Waals surface area (Å²) in [4.78, 5) is 21.8. The number of alkyl halides is 1. The number of ether oxygens (including phenoxy) is 1. The Bertz CT molecular complexity index is 1160. The molecule has 0 saturated carbocycles. The van der Waals surface area contributed by atoms with E-state index in [4.69, 9.17) is 34.3 Å². The minimum atomic E-state index is -2.09. The molecule has 0 fully saturated rings. The molecule has 0 radical (unpaired) electrons. The number of hydrogen-bond donors (Lipinski definition) is 4. The van der Waals surface area contributed by atoms with Crippen LogP contribution in [0.25, 0.3) is 5.57 Å². The van der Waals surface area contributed by atoms with Crippen LogP contribution in [0, 0.1) is 5.82 Å². The number of thiocarbonyl (C=S) groups is 1. The fourth-order valence-electron chi connectivity index (χ4n) is 3.17. The Hall–Kier alpha value is -3.11. The summed E-state index contributed by atoms with van der Waals surface area (Å²) in [5.74, 6) is -3.14. The van der Waals surface area contributed by atoms with Crippen molar-refractivity contribution in [3.05, 3.63) is 83.7 Å². The number of nitrogens with two attached hydrogens (primary N) is 1. The van der Waals surface area contributed by atoms with Crippen molar-refractivity contribution < 1.29 is 23.8 Å². The lowest BCUT2D eigenvalue weighted by molar-refractivity contribution is -0.151. The number of hydrogen-bond acceptors (Lipinski definition) is 5. The van der Waals surface area contributed by atoms with Crippen LogP contribution in [-0.4, -0.2) is 39.8 Å². The highest BCUT2D eigenvalue weighted by atomic mass is 35.5. The second-order valence-corrected chi connectivity index (χ2v) is 7.88. The summed E-state index contributed by atoms with van der Waals surface area (Å²) in [5.41, 5.74) is 6.67. The molecule has 2 unspecified atom stereocenters. The molecule has 2 aromatic carbocycles. The molecular weight excluding hydrogens is 457 g/mol. The van der Waals surface area contributed by atoms with Crippen LogP contribution in [-0.2, 0) is 4.74 Å². The summed E-state index contributed by atoms with van der Waals surface area (Å²) in [6.07, 6.45) is 4.20. The highest BCUT2D eigenvalue weighted by Gasteiger charge is 2.52. The number of halogens is 2. The Kier molecular flexibility index (Phi) is 6.75. The second kappa shape index (κ2) is 9.17. The van der Waals surface area contributed by atoms with E-state index in [1.54, 1.807) is 24.3 Å². The molecule has 0 bridgehead atoms. The van der Waals surface area contributed by atoms with Crippen molar-refractivity contribution in [2.75, 3.05) is 12.4 Å². The van der Waals surface area contributed by atoms with Crippen LogP contribution in [0.3, 0.4) is 0 Å². The smallest absolute Gasteiger partial charge is 0.317 e. The second-order valence-electron chi connectivity index (χ2n) is 6.87. The van der Waals surface area contributed by atoms with E-state index >= 15 is 0 Å². The topological polar surface area (TPSA) is 114 Å². The van der Waals surface area contributed by atoms with Crippen molar-refractivity contribution in [3.8, 4) is 0 Å². The zero-order valence-electron chi connectivity index (χ0n) is 16.8. The maximum absolute atomic E-state index is 13.5. The number of anilines is 1. The summed E-state index contributed by atoms with van der Waals surface area (Å²) >= 11 is 11.8. The third-order valence-electron chi connectivity index (χ3n) is 4.82. The Morgan fingerprint density at radius 1 is 1.22 bits per heavy atom. The van der Waals surface area contributed by atoms with E-state index in [1.165, 1.54) is 43.5 Å². The first-order valence-corrected chi connectivity index (χ1v) is 10.0. The Morgan fingerprint density at radius 3 is 2.59 bits per heavy atom. The van der Waals surface area contributed by atoms with Gasteiger partial charge in [-0.05, 0) is 42.0 Å². The molecule has 0 saturated heterocycles. The van der Waals surface area contributed by atoms with E-state index < -0.39 is 28.4 Å².